The molecule has 0 spiro atoms. The molecule has 1 aromatic heterocycles. The predicted molar refractivity (Wildman–Crippen MR) is 99.0 cm³/mol. The van der Waals surface area contributed by atoms with Crippen LogP contribution in [0.1, 0.15) is 22.3 Å². The molecule has 0 unspecified atom stereocenters. The van der Waals surface area contributed by atoms with E-state index in [0.29, 0.717) is 12.5 Å². The molecule has 1 heterocycles. The lowest BCUT2D eigenvalue weighted by molar-refractivity contribution is 1.03. The van der Waals surface area contributed by atoms with Crippen LogP contribution in [0.5, 0.6) is 0 Å². The number of hydrogen-bond acceptors (Lipinski definition) is 4. The van der Waals surface area contributed by atoms with Crippen LogP contribution in [-0.2, 0) is 13.1 Å². The zero-order chi connectivity index (χ0) is 16.8. The van der Waals surface area contributed by atoms with Crippen molar-refractivity contribution in [3.63, 3.8) is 0 Å². The Morgan fingerprint density at radius 3 is 2.38 bits per heavy atom. The fraction of sp³-hybridized carbons (Fsp3) is 0.200. The lowest BCUT2D eigenvalue weighted by Crippen LogP contribution is -2.07. The largest absolute Gasteiger partial charge is 0.366 e. The van der Waals surface area contributed by atoms with Crippen molar-refractivity contribution in [2.45, 2.75) is 26.9 Å². The van der Waals surface area contributed by atoms with Gasteiger partial charge in [-0.25, -0.2) is 4.98 Å². The molecule has 4 heteroatoms. The Morgan fingerprint density at radius 2 is 1.58 bits per heavy atom. The maximum Gasteiger partial charge on any atom is 0.224 e. The van der Waals surface area contributed by atoms with Gasteiger partial charge >= 0.3 is 0 Å². The Kier molecular flexibility index (Phi) is 5.06. The minimum atomic E-state index is 0.630. The van der Waals surface area contributed by atoms with E-state index >= 15 is 0 Å². The third kappa shape index (κ3) is 4.56. The zero-order valence-corrected chi connectivity index (χ0v) is 14.1. The van der Waals surface area contributed by atoms with Crippen molar-refractivity contribution in [1.29, 1.82) is 0 Å². The minimum absolute atomic E-state index is 0.630. The van der Waals surface area contributed by atoms with Crippen molar-refractivity contribution in [3.05, 3.63) is 83.0 Å². The fourth-order valence-corrected chi connectivity index (χ4v) is 2.44. The van der Waals surface area contributed by atoms with Gasteiger partial charge in [-0.05, 0) is 31.0 Å². The van der Waals surface area contributed by atoms with Gasteiger partial charge in [-0.15, -0.1) is 0 Å². The molecule has 0 amide bonds. The van der Waals surface area contributed by atoms with Crippen LogP contribution in [0, 0.1) is 13.8 Å². The molecule has 24 heavy (non-hydrogen) atoms. The predicted octanol–water partition coefficient (Wildman–Crippen LogP) is 4.32. The van der Waals surface area contributed by atoms with Crippen molar-refractivity contribution in [3.8, 4) is 0 Å². The van der Waals surface area contributed by atoms with E-state index in [4.69, 9.17) is 0 Å². The van der Waals surface area contributed by atoms with Crippen LogP contribution in [0.15, 0.2) is 60.8 Å². The first-order valence-corrected chi connectivity index (χ1v) is 8.11. The van der Waals surface area contributed by atoms with Crippen molar-refractivity contribution < 1.29 is 0 Å². The van der Waals surface area contributed by atoms with Gasteiger partial charge in [0.25, 0.3) is 0 Å². The number of hydrogen-bond donors (Lipinski definition) is 2. The molecule has 0 bridgehead atoms. The molecule has 122 valence electrons. The summed E-state index contributed by atoms with van der Waals surface area (Å²) < 4.78 is 0. The summed E-state index contributed by atoms with van der Waals surface area (Å²) in [6.45, 7) is 5.64. The van der Waals surface area contributed by atoms with E-state index in [-0.39, 0.29) is 0 Å². The molecule has 0 fully saturated rings. The summed E-state index contributed by atoms with van der Waals surface area (Å²) in [7, 11) is 0. The van der Waals surface area contributed by atoms with Crippen LogP contribution >= 0.6 is 0 Å². The summed E-state index contributed by atoms with van der Waals surface area (Å²) in [6.07, 6.45) is 1.77. The topological polar surface area (TPSA) is 49.8 Å². The van der Waals surface area contributed by atoms with E-state index in [0.717, 1.165) is 12.4 Å². The first-order valence-electron chi connectivity index (χ1n) is 8.11. The maximum atomic E-state index is 4.51. The molecule has 3 aromatic rings. The van der Waals surface area contributed by atoms with Crippen molar-refractivity contribution in [2.75, 3.05) is 10.6 Å². The molecule has 0 aliphatic rings. The standard InChI is InChI=1S/C20H22N4/c1-15-6-8-17(9-7-15)13-22-19-10-11-21-20(24-19)23-14-18-5-3-4-16(2)12-18/h3-12H,13-14H2,1-2H3,(H2,21,22,23,24). The Labute approximate surface area is 143 Å². The van der Waals surface area contributed by atoms with E-state index in [1.165, 1.54) is 22.3 Å². The first kappa shape index (κ1) is 16.0. The van der Waals surface area contributed by atoms with Gasteiger partial charge in [0, 0.05) is 19.3 Å². The Balaban J connectivity index is 1.58. The van der Waals surface area contributed by atoms with E-state index in [2.05, 4.69) is 83.0 Å². The second-order valence-electron chi connectivity index (χ2n) is 5.95. The average molecular weight is 318 g/mol. The first-order chi connectivity index (χ1) is 11.7. The highest BCUT2D eigenvalue weighted by Crippen LogP contribution is 2.11. The molecule has 0 aliphatic carbocycles. The zero-order valence-electron chi connectivity index (χ0n) is 14.1. The normalized spacial score (nSPS) is 10.4. The van der Waals surface area contributed by atoms with Crippen LogP contribution in [0.4, 0.5) is 11.8 Å². The Morgan fingerprint density at radius 1 is 0.792 bits per heavy atom. The maximum absolute atomic E-state index is 4.51. The number of nitrogens with zero attached hydrogens (tertiary/aromatic N) is 2. The number of aryl methyl sites for hydroxylation is 2. The quantitative estimate of drug-likeness (QED) is 0.711. The van der Waals surface area contributed by atoms with Crippen LogP contribution in [-0.4, -0.2) is 9.97 Å². The highest BCUT2D eigenvalue weighted by atomic mass is 15.1. The minimum Gasteiger partial charge on any atom is -0.366 e. The number of nitrogens with one attached hydrogen (secondary N) is 2. The van der Waals surface area contributed by atoms with E-state index < -0.39 is 0 Å². The molecule has 3 rings (SSSR count). The van der Waals surface area contributed by atoms with Gasteiger partial charge in [0.15, 0.2) is 0 Å². The highest BCUT2D eigenvalue weighted by molar-refractivity contribution is 5.41. The van der Waals surface area contributed by atoms with Gasteiger partial charge in [-0.1, -0.05) is 59.7 Å². The van der Waals surface area contributed by atoms with Crippen LogP contribution in [0.25, 0.3) is 0 Å². The summed E-state index contributed by atoms with van der Waals surface area (Å²) in [5.74, 6) is 1.45. The van der Waals surface area contributed by atoms with Gasteiger partial charge < -0.3 is 10.6 Å². The number of rotatable bonds is 6. The molecule has 0 saturated heterocycles. The molecule has 0 atom stereocenters. The Hall–Kier alpha value is -2.88. The molecular weight excluding hydrogens is 296 g/mol. The smallest absolute Gasteiger partial charge is 0.224 e. The monoisotopic (exact) mass is 318 g/mol. The van der Waals surface area contributed by atoms with E-state index in [1.807, 2.05) is 6.07 Å². The molecule has 0 radical (unpaired) electrons. The van der Waals surface area contributed by atoms with E-state index in [1.54, 1.807) is 6.20 Å². The fourth-order valence-electron chi connectivity index (χ4n) is 2.44. The van der Waals surface area contributed by atoms with Crippen molar-refractivity contribution >= 4 is 11.8 Å². The average Bonchev–Trinajstić information content (AvgIpc) is 2.60. The van der Waals surface area contributed by atoms with Gasteiger partial charge in [0.05, 0.1) is 0 Å². The summed E-state index contributed by atoms with van der Waals surface area (Å²) in [6, 6.07) is 18.8. The second kappa shape index (κ2) is 7.59. The number of aromatic nitrogens is 2. The van der Waals surface area contributed by atoms with Crippen molar-refractivity contribution in [2.24, 2.45) is 0 Å². The second-order valence-corrected chi connectivity index (χ2v) is 5.95. The van der Waals surface area contributed by atoms with Gasteiger partial charge in [0.1, 0.15) is 5.82 Å². The van der Waals surface area contributed by atoms with Gasteiger partial charge in [-0.3, -0.25) is 0 Å². The third-order valence-electron chi connectivity index (χ3n) is 3.78. The van der Waals surface area contributed by atoms with Gasteiger partial charge in [0.2, 0.25) is 5.95 Å². The molecular formula is C20H22N4. The molecule has 4 nitrogen and oxygen atoms in total. The summed E-state index contributed by atoms with van der Waals surface area (Å²) in [5, 5.41) is 6.61. The van der Waals surface area contributed by atoms with Crippen LogP contribution < -0.4 is 10.6 Å². The lowest BCUT2D eigenvalue weighted by Gasteiger charge is -2.09. The van der Waals surface area contributed by atoms with Crippen LogP contribution in [0.3, 0.4) is 0 Å². The van der Waals surface area contributed by atoms with Gasteiger partial charge in [-0.2, -0.15) is 4.98 Å². The number of anilines is 2. The molecule has 0 aliphatic heterocycles. The van der Waals surface area contributed by atoms with E-state index in [9.17, 15) is 0 Å². The molecule has 0 saturated carbocycles. The SMILES string of the molecule is Cc1ccc(CNc2ccnc(NCc3cccc(C)c3)n2)cc1. The Bertz CT molecular complexity index is 797. The molecule has 2 N–H and O–H groups in total. The highest BCUT2D eigenvalue weighted by Gasteiger charge is 2.00. The van der Waals surface area contributed by atoms with Crippen LogP contribution in [0.2, 0.25) is 0 Å². The summed E-state index contributed by atoms with van der Waals surface area (Å²) >= 11 is 0. The summed E-state index contributed by atoms with van der Waals surface area (Å²) in [4.78, 5) is 8.79. The molecule has 2 aromatic carbocycles. The third-order valence-corrected chi connectivity index (χ3v) is 3.78. The number of benzene rings is 2. The lowest BCUT2D eigenvalue weighted by atomic mass is 10.1. The van der Waals surface area contributed by atoms with Crippen molar-refractivity contribution in [1.82, 2.24) is 9.97 Å². The summed E-state index contributed by atoms with van der Waals surface area (Å²) in [5.41, 5.74) is 4.97.